The van der Waals surface area contributed by atoms with Crippen LogP contribution in [0.3, 0.4) is 0 Å². The molecule has 0 spiro atoms. The number of hydrogen-bond donors (Lipinski definition) is 1. The predicted molar refractivity (Wildman–Crippen MR) is 142 cm³/mol. The molecule has 0 unspecified atom stereocenters. The summed E-state index contributed by atoms with van der Waals surface area (Å²) in [5, 5.41) is 7.29. The van der Waals surface area contributed by atoms with Crippen molar-refractivity contribution in [2.24, 2.45) is 5.92 Å². The van der Waals surface area contributed by atoms with E-state index in [1.807, 2.05) is 0 Å². The summed E-state index contributed by atoms with van der Waals surface area (Å²) >= 11 is 6.03. The third kappa shape index (κ3) is 6.52. The van der Waals surface area contributed by atoms with Crippen LogP contribution in [0.25, 0.3) is 0 Å². The summed E-state index contributed by atoms with van der Waals surface area (Å²) in [5.74, 6) is 0.0370. The molecule has 0 radical (unpaired) electrons. The Morgan fingerprint density at radius 2 is 1.95 bits per heavy atom. The summed E-state index contributed by atoms with van der Waals surface area (Å²) in [6, 6.07) is 12.8. The van der Waals surface area contributed by atoms with E-state index in [0.717, 1.165) is 5.56 Å². The van der Waals surface area contributed by atoms with Gasteiger partial charge in [0.25, 0.3) is 11.4 Å². The Morgan fingerprint density at radius 3 is 2.64 bits per heavy atom. The Balaban J connectivity index is 1.42. The third-order valence-corrected chi connectivity index (χ3v) is 6.67. The molecule has 1 saturated heterocycles. The molecule has 0 saturated carbocycles. The Hall–Kier alpha value is -4.02. The molecule has 3 heterocycles. The average Bonchev–Trinajstić information content (AvgIpc) is 3.35. The minimum Gasteiger partial charge on any atom is -0.433 e. The number of Topliss-reactive ketones (excluding diaryl/α,β-unsaturated/α-hetero) is 1. The molecule has 1 aliphatic heterocycles. The van der Waals surface area contributed by atoms with Crippen molar-refractivity contribution in [3.8, 4) is 11.6 Å². The van der Waals surface area contributed by atoms with Gasteiger partial charge in [0, 0.05) is 60.2 Å². The van der Waals surface area contributed by atoms with Gasteiger partial charge < -0.3 is 19.3 Å². The maximum Gasteiger partial charge on any atom is 0.259 e. The van der Waals surface area contributed by atoms with Gasteiger partial charge in [-0.05, 0) is 54.8 Å². The zero-order valence-corrected chi connectivity index (χ0v) is 21.9. The summed E-state index contributed by atoms with van der Waals surface area (Å²) in [5.41, 5.74) is 1.09. The lowest BCUT2D eigenvalue weighted by Crippen LogP contribution is -2.31. The van der Waals surface area contributed by atoms with Gasteiger partial charge in [-0.25, -0.2) is 9.37 Å². The molecule has 39 heavy (non-hydrogen) atoms. The van der Waals surface area contributed by atoms with E-state index in [4.69, 9.17) is 25.6 Å². The number of anilines is 2. The smallest absolute Gasteiger partial charge is 0.259 e. The highest BCUT2D eigenvalue weighted by Crippen LogP contribution is 2.28. The maximum atomic E-state index is 14.8. The number of ether oxygens (including phenoxy) is 2. The lowest BCUT2D eigenvalue weighted by atomic mass is 9.92. The number of hydrogen-bond acceptors (Lipinski definition) is 8. The number of nitrogens with one attached hydrogen (secondary N) is 1. The molecule has 1 fully saturated rings. The van der Waals surface area contributed by atoms with E-state index in [-0.39, 0.29) is 47.8 Å². The Bertz CT molecular complexity index is 1530. The van der Waals surface area contributed by atoms with E-state index in [9.17, 15) is 14.0 Å². The van der Waals surface area contributed by atoms with Crippen LogP contribution < -0.4 is 15.6 Å². The monoisotopic (exact) mass is 552 g/mol. The van der Waals surface area contributed by atoms with Crippen molar-refractivity contribution in [3.05, 3.63) is 92.8 Å². The highest BCUT2D eigenvalue weighted by molar-refractivity contribution is 6.30. The Morgan fingerprint density at radius 1 is 1.18 bits per heavy atom. The summed E-state index contributed by atoms with van der Waals surface area (Å²) in [7, 11) is 0. The predicted octanol–water partition coefficient (Wildman–Crippen LogP) is 5.45. The summed E-state index contributed by atoms with van der Waals surface area (Å²) in [6.07, 6.45) is 2.68. The molecule has 1 aliphatic rings. The van der Waals surface area contributed by atoms with Gasteiger partial charge in [0.05, 0.1) is 6.54 Å². The number of aryl methyl sites for hydroxylation is 1. The molecule has 0 aliphatic carbocycles. The van der Waals surface area contributed by atoms with Crippen molar-refractivity contribution in [1.82, 2.24) is 14.7 Å². The van der Waals surface area contributed by atoms with Crippen LogP contribution in [-0.2, 0) is 22.5 Å². The number of benzene rings is 2. The molecule has 202 valence electrons. The van der Waals surface area contributed by atoms with Crippen LogP contribution in [-0.4, -0.2) is 33.7 Å². The number of carbonyl (C=O) groups excluding carboxylic acids is 1. The lowest BCUT2D eigenvalue weighted by Gasteiger charge is -2.21. The highest BCUT2D eigenvalue weighted by atomic mass is 35.5. The van der Waals surface area contributed by atoms with Gasteiger partial charge in [-0.2, -0.15) is 0 Å². The van der Waals surface area contributed by atoms with E-state index in [2.05, 4.69) is 15.5 Å². The second-order valence-corrected chi connectivity index (χ2v) is 9.74. The molecule has 1 N–H and O–H groups in total. The summed E-state index contributed by atoms with van der Waals surface area (Å²) in [6.45, 7) is 2.94. The van der Waals surface area contributed by atoms with Crippen LogP contribution in [0.2, 0.25) is 5.02 Å². The Labute approximate surface area is 228 Å². The molecule has 9 nitrogen and oxygen atoms in total. The fraction of sp³-hybridized carbons (Fsp3) is 0.286. The minimum absolute atomic E-state index is 0.00378. The summed E-state index contributed by atoms with van der Waals surface area (Å²) in [4.78, 5) is 30.9. The lowest BCUT2D eigenvalue weighted by molar-refractivity contribution is -0.125. The van der Waals surface area contributed by atoms with Crippen molar-refractivity contribution in [2.45, 2.75) is 32.7 Å². The quantitative estimate of drug-likeness (QED) is 0.292. The van der Waals surface area contributed by atoms with Gasteiger partial charge in [-0.15, -0.1) is 0 Å². The van der Waals surface area contributed by atoms with Gasteiger partial charge in [0.15, 0.2) is 11.6 Å². The minimum atomic E-state index is -0.647. The van der Waals surface area contributed by atoms with Gasteiger partial charge in [-0.3, -0.25) is 14.2 Å². The largest absolute Gasteiger partial charge is 0.433 e. The number of aromatic nitrogens is 3. The molecular weight excluding hydrogens is 527 g/mol. The summed E-state index contributed by atoms with van der Waals surface area (Å²) < 4.78 is 32.0. The first-order valence-corrected chi connectivity index (χ1v) is 12.8. The SMILES string of the molecule is Cc1cc(Oc2ccc(Nc3ncc(CC(=O)C4CCOCC4)c(=O)n3Cc3ccc(Cl)cc3)cc2F)no1. The fourth-order valence-electron chi connectivity index (χ4n) is 4.32. The number of ketones is 1. The molecule has 0 atom stereocenters. The zero-order chi connectivity index (χ0) is 27.4. The first-order chi connectivity index (χ1) is 18.9. The van der Waals surface area contributed by atoms with Gasteiger partial charge in [0.1, 0.15) is 11.5 Å². The standard InChI is InChI=1S/C28H26ClFN4O5/c1-17-12-26(33-39-17)38-25-7-6-22(14-23(25)30)32-28-31-15-20(13-24(35)19-8-10-37-11-9-19)27(36)34(28)16-18-2-4-21(29)5-3-18/h2-7,12,14-15,19H,8-11,13,16H2,1H3,(H,31,32). The molecule has 5 rings (SSSR count). The normalized spacial score (nSPS) is 13.8. The number of carbonyl (C=O) groups is 1. The van der Waals surface area contributed by atoms with E-state index >= 15 is 0 Å². The van der Waals surface area contributed by atoms with Crippen molar-refractivity contribution in [1.29, 1.82) is 0 Å². The molecular formula is C28H26ClFN4O5. The van der Waals surface area contributed by atoms with E-state index in [0.29, 0.717) is 48.1 Å². The zero-order valence-electron chi connectivity index (χ0n) is 21.2. The first kappa shape index (κ1) is 26.6. The van der Waals surface area contributed by atoms with Crippen LogP contribution in [0.4, 0.5) is 16.0 Å². The molecule has 4 aromatic rings. The Kier molecular flexibility index (Phi) is 8.04. The second-order valence-electron chi connectivity index (χ2n) is 9.30. The van der Waals surface area contributed by atoms with Crippen molar-refractivity contribution in [2.75, 3.05) is 18.5 Å². The highest BCUT2D eigenvalue weighted by Gasteiger charge is 2.23. The van der Waals surface area contributed by atoms with Gasteiger partial charge >= 0.3 is 0 Å². The molecule has 0 bridgehead atoms. The second kappa shape index (κ2) is 11.8. The van der Waals surface area contributed by atoms with Crippen LogP contribution in [0.1, 0.15) is 29.7 Å². The first-order valence-electron chi connectivity index (χ1n) is 12.5. The van der Waals surface area contributed by atoms with Gasteiger partial charge in [-0.1, -0.05) is 23.7 Å². The fourth-order valence-corrected chi connectivity index (χ4v) is 4.45. The van der Waals surface area contributed by atoms with Crippen molar-refractivity contribution in [3.63, 3.8) is 0 Å². The van der Waals surface area contributed by atoms with E-state index < -0.39 is 5.82 Å². The van der Waals surface area contributed by atoms with Crippen molar-refractivity contribution < 1.29 is 23.2 Å². The van der Waals surface area contributed by atoms with Crippen LogP contribution in [0, 0.1) is 18.7 Å². The molecule has 0 amide bonds. The number of nitrogens with zero attached hydrogens (tertiary/aromatic N) is 3. The third-order valence-electron chi connectivity index (χ3n) is 6.42. The average molecular weight is 553 g/mol. The molecule has 2 aromatic heterocycles. The topological polar surface area (TPSA) is 108 Å². The van der Waals surface area contributed by atoms with E-state index in [1.165, 1.54) is 22.9 Å². The van der Waals surface area contributed by atoms with Gasteiger partial charge in [0.2, 0.25) is 5.95 Å². The van der Waals surface area contributed by atoms with Crippen LogP contribution in [0.15, 0.2) is 64.0 Å². The molecule has 11 heteroatoms. The maximum absolute atomic E-state index is 14.8. The van der Waals surface area contributed by atoms with Crippen molar-refractivity contribution >= 4 is 29.0 Å². The van der Waals surface area contributed by atoms with E-state index in [1.54, 1.807) is 43.3 Å². The number of rotatable bonds is 9. The van der Waals surface area contributed by atoms with Crippen LogP contribution >= 0.6 is 11.6 Å². The molecule has 2 aromatic carbocycles. The number of halogens is 2. The van der Waals surface area contributed by atoms with Crippen LogP contribution in [0.5, 0.6) is 11.6 Å².